The quantitative estimate of drug-likeness (QED) is 0.761. The van der Waals surface area contributed by atoms with Crippen molar-refractivity contribution >= 4 is 5.91 Å². The van der Waals surface area contributed by atoms with E-state index in [9.17, 15) is 14.3 Å². The molecule has 1 aliphatic carbocycles. The highest BCUT2D eigenvalue weighted by molar-refractivity contribution is 5.91. The Balaban J connectivity index is 1.54. The van der Waals surface area contributed by atoms with Crippen molar-refractivity contribution in [3.8, 4) is 17.1 Å². The lowest BCUT2D eigenvalue weighted by Gasteiger charge is -2.40. The average molecular weight is 378 g/mol. The molecule has 6 nitrogen and oxygen atoms in total. The van der Waals surface area contributed by atoms with Crippen molar-refractivity contribution in [2.45, 2.75) is 25.0 Å². The van der Waals surface area contributed by atoms with Crippen molar-refractivity contribution < 1.29 is 14.3 Å². The van der Waals surface area contributed by atoms with Crippen molar-refractivity contribution in [1.82, 2.24) is 19.7 Å². The molecule has 2 aromatic carbocycles. The SMILES string of the molecule is O=C(c1nc(-c2ccccc2)n(-c2ccc(F)cc2)n1)N1CC[C@H]2[C@H](O)C[C@H]21. The van der Waals surface area contributed by atoms with Crippen LogP contribution in [0, 0.1) is 11.7 Å². The van der Waals surface area contributed by atoms with Crippen molar-refractivity contribution in [1.29, 1.82) is 0 Å². The van der Waals surface area contributed by atoms with Crippen LogP contribution in [0.3, 0.4) is 0 Å². The monoisotopic (exact) mass is 378 g/mol. The van der Waals surface area contributed by atoms with Gasteiger partial charge in [-0.25, -0.2) is 14.1 Å². The Morgan fingerprint density at radius 3 is 2.54 bits per heavy atom. The summed E-state index contributed by atoms with van der Waals surface area (Å²) in [4.78, 5) is 19.4. The number of aromatic nitrogens is 3. The molecule has 142 valence electrons. The van der Waals surface area contributed by atoms with Gasteiger partial charge in [0.05, 0.1) is 11.8 Å². The van der Waals surface area contributed by atoms with Gasteiger partial charge < -0.3 is 10.0 Å². The number of nitrogens with zero attached hydrogens (tertiary/aromatic N) is 4. The number of rotatable bonds is 3. The maximum atomic E-state index is 13.4. The molecule has 1 saturated heterocycles. The van der Waals surface area contributed by atoms with E-state index in [2.05, 4.69) is 10.1 Å². The number of likely N-dealkylation sites (tertiary alicyclic amines) is 1. The molecule has 1 aromatic heterocycles. The number of carbonyl (C=O) groups excluding carboxylic acids is 1. The van der Waals surface area contributed by atoms with E-state index in [1.807, 2.05) is 30.3 Å². The highest BCUT2D eigenvalue weighted by atomic mass is 19.1. The molecule has 3 aromatic rings. The molecule has 1 aliphatic heterocycles. The van der Waals surface area contributed by atoms with Gasteiger partial charge in [0.1, 0.15) is 5.82 Å². The summed E-state index contributed by atoms with van der Waals surface area (Å²) in [5.74, 6) is 0.243. The van der Waals surface area contributed by atoms with Gasteiger partial charge in [-0.15, -0.1) is 5.10 Å². The van der Waals surface area contributed by atoms with E-state index in [-0.39, 0.29) is 35.6 Å². The standard InChI is InChI=1S/C21H19FN4O2/c22-14-6-8-15(9-7-14)26-20(13-4-2-1-3-5-13)23-19(24-26)21(28)25-11-10-16-17(25)12-18(16)27/h1-9,16-18,27H,10-12H2/t16-,17-,18-/m1/s1. The molecular formula is C21H19FN4O2. The van der Waals surface area contributed by atoms with Crippen LogP contribution >= 0.6 is 0 Å². The first-order valence-electron chi connectivity index (χ1n) is 9.39. The van der Waals surface area contributed by atoms with Crippen molar-refractivity contribution in [3.63, 3.8) is 0 Å². The third-order valence-electron chi connectivity index (χ3n) is 5.74. The molecule has 0 spiro atoms. The van der Waals surface area contributed by atoms with Gasteiger partial charge in [0.15, 0.2) is 5.82 Å². The largest absolute Gasteiger partial charge is 0.393 e. The molecule has 5 rings (SSSR count). The third-order valence-corrected chi connectivity index (χ3v) is 5.74. The molecule has 0 radical (unpaired) electrons. The highest BCUT2D eigenvalue weighted by Crippen LogP contribution is 2.41. The molecule has 3 atom stereocenters. The lowest BCUT2D eigenvalue weighted by atomic mass is 9.77. The number of halogens is 1. The predicted octanol–water partition coefficient (Wildman–Crippen LogP) is 2.67. The van der Waals surface area contributed by atoms with E-state index >= 15 is 0 Å². The molecule has 2 fully saturated rings. The Morgan fingerprint density at radius 2 is 1.86 bits per heavy atom. The number of hydrogen-bond donors (Lipinski definition) is 1. The summed E-state index contributed by atoms with van der Waals surface area (Å²) < 4.78 is 14.9. The number of aliphatic hydroxyl groups is 1. The molecule has 0 bridgehead atoms. The Morgan fingerprint density at radius 1 is 1.11 bits per heavy atom. The second-order valence-corrected chi connectivity index (χ2v) is 7.33. The smallest absolute Gasteiger partial charge is 0.293 e. The molecule has 0 unspecified atom stereocenters. The maximum absolute atomic E-state index is 13.4. The number of carbonyl (C=O) groups is 1. The topological polar surface area (TPSA) is 71.2 Å². The van der Waals surface area contributed by atoms with Gasteiger partial charge in [0.25, 0.3) is 5.91 Å². The highest BCUT2D eigenvalue weighted by Gasteiger charge is 2.49. The molecule has 1 N–H and O–H groups in total. The first-order chi connectivity index (χ1) is 13.6. The molecule has 7 heteroatoms. The van der Waals surface area contributed by atoms with E-state index in [0.29, 0.717) is 24.5 Å². The summed E-state index contributed by atoms with van der Waals surface area (Å²) in [7, 11) is 0. The summed E-state index contributed by atoms with van der Waals surface area (Å²) in [6, 6.07) is 15.5. The van der Waals surface area contributed by atoms with Crippen LogP contribution in [0.5, 0.6) is 0 Å². The van der Waals surface area contributed by atoms with Crippen LogP contribution in [-0.2, 0) is 0 Å². The van der Waals surface area contributed by atoms with Crippen molar-refractivity contribution in [2.24, 2.45) is 5.92 Å². The molecule has 28 heavy (non-hydrogen) atoms. The lowest BCUT2D eigenvalue weighted by Crippen LogP contribution is -2.51. The molecule has 1 saturated carbocycles. The minimum Gasteiger partial charge on any atom is -0.393 e. The summed E-state index contributed by atoms with van der Waals surface area (Å²) in [5, 5.41) is 14.3. The molecule has 2 heterocycles. The lowest BCUT2D eigenvalue weighted by molar-refractivity contribution is -0.0167. The van der Waals surface area contributed by atoms with Crippen LogP contribution in [0.25, 0.3) is 17.1 Å². The van der Waals surface area contributed by atoms with E-state index in [1.54, 1.807) is 21.7 Å². The van der Waals surface area contributed by atoms with Crippen LogP contribution in [0.1, 0.15) is 23.5 Å². The molecular weight excluding hydrogens is 359 g/mol. The number of benzene rings is 2. The van der Waals surface area contributed by atoms with Crippen molar-refractivity contribution in [2.75, 3.05) is 6.54 Å². The number of amides is 1. The van der Waals surface area contributed by atoms with Gasteiger partial charge in [-0.1, -0.05) is 30.3 Å². The fourth-order valence-corrected chi connectivity index (χ4v) is 4.17. The second-order valence-electron chi connectivity index (χ2n) is 7.33. The van der Waals surface area contributed by atoms with E-state index in [0.717, 1.165) is 12.0 Å². The van der Waals surface area contributed by atoms with Crippen LogP contribution in [0.15, 0.2) is 54.6 Å². The van der Waals surface area contributed by atoms with E-state index in [1.165, 1.54) is 12.1 Å². The Labute approximate surface area is 161 Å². The summed E-state index contributed by atoms with van der Waals surface area (Å²) in [6.07, 6.45) is 1.11. The minimum atomic E-state index is -0.340. The van der Waals surface area contributed by atoms with E-state index < -0.39 is 0 Å². The molecule has 1 amide bonds. The second kappa shape index (κ2) is 6.53. The average Bonchev–Trinajstić information content (AvgIpc) is 3.30. The fraction of sp³-hybridized carbons (Fsp3) is 0.286. The van der Waals surface area contributed by atoms with Gasteiger partial charge in [0.2, 0.25) is 5.82 Å². The van der Waals surface area contributed by atoms with Crippen LogP contribution in [0.2, 0.25) is 0 Å². The van der Waals surface area contributed by atoms with Crippen LogP contribution < -0.4 is 0 Å². The Kier molecular flexibility index (Phi) is 3.98. The summed E-state index contributed by atoms with van der Waals surface area (Å²) in [5.41, 5.74) is 1.45. The number of aliphatic hydroxyl groups excluding tert-OH is 1. The van der Waals surface area contributed by atoms with Crippen molar-refractivity contribution in [3.05, 3.63) is 66.2 Å². The number of fused-ring (bicyclic) bond motifs is 1. The maximum Gasteiger partial charge on any atom is 0.293 e. The first-order valence-corrected chi connectivity index (χ1v) is 9.39. The van der Waals surface area contributed by atoms with Crippen LogP contribution in [-0.4, -0.2) is 49.4 Å². The predicted molar refractivity (Wildman–Crippen MR) is 100 cm³/mol. The van der Waals surface area contributed by atoms with Gasteiger partial charge in [0, 0.05) is 24.1 Å². The first kappa shape index (κ1) is 17.1. The van der Waals surface area contributed by atoms with Gasteiger partial charge >= 0.3 is 0 Å². The normalized spacial score (nSPS) is 23.4. The van der Waals surface area contributed by atoms with Gasteiger partial charge in [-0.05, 0) is 37.1 Å². The zero-order valence-electron chi connectivity index (χ0n) is 15.1. The molecule has 2 aliphatic rings. The van der Waals surface area contributed by atoms with Gasteiger partial charge in [-0.3, -0.25) is 4.79 Å². The number of hydrogen-bond acceptors (Lipinski definition) is 4. The summed E-state index contributed by atoms with van der Waals surface area (Å²) >= 11 is 0. The minimum absolute atomic E-state index is 0.0699. The van der Waals surface area contributed by atoms with E-state index in [4.69, 9.17) is 0 Å². The fourth-order valence-electron chi connectivity index (χ4n) is 4.17. The van der Waals surface area contributed by atoms with Crippen LogP contribution in [0.4, 0.5) is 4.39 Å². The Bertz CT molecular complexity index is 1020. The zero-order chi connectivity index (χ0) is 19.3. The summed E-state index contributed by atoms with van der Waals surface area (Å²) in [6.45, 7) is 0.608. The zero-order valence-corrected chi connectivity index (χ0v) is 15.1. The Hall–Kier alpha value is -3.06. The van der Waals surface area contributed by atoms with Gasteiger partial charge in [-0.2, -0.15) is 0 Å². The third kappa shape index (κ3) is 2.70.